The molecule has 1 aromatic carbocycles. The Bertz CT molecular complexity index is 413. The second-order valence-corrected chi connectivity index (χ2v) is 5.59. The summed E-state index contributed by atoms with van der Waals surface area (Å²) in [5.74, 6) is 0.994. The molecule has 3 heteroatoms. The van der Waals surface area contributed by atoms with Crippen molar-refractivity contribution < 1.29 is 4.74 Å². The minimum atomic E-state index is 0.363. The van der Waals surface area contributed by atoms with Gasteiger partial charge in [0.2, 0.25) is 0 Å². The van der Waals surface area contributed by atoms with Gasteiger partial charge in [0.05, 0.1) is 13.2 Å². The Labute approximate surface area is 116 Å². The first-order valence-corrected chi connectivity index (χ1v) is 7.22. The Morgan fingerprint density at radius 1 is 1.37 bits per heavy atom. The van der Waals surface area contributed by atoms with Gasteiger partial charge in [-0.1, -0.05) is 19.1 Å². The fraction of sp³-hybridized carbons (Fsp3) is 0.625. The number of nitrogens with zero attached hydrogens (tertiary/aromatic N) is 1. The summed E-state index contributed by atoms with van der Waals surface area (Å²) in [5.41, 5.74) is 2.66. The number of aryl methyl sites for hydroxylation is 1. The maximum atomic E-state index is 5.54. The molecule has 0 amide bonds. The quantitative estimate of drug-likeness (QED) is 0.817. The zero-order valence-corrected chi connectivity index (χ0v) is 12.6. The van der Waals surface area contributed by atoms with Crippen LogP contribution in [0.4, 0.5) is 0 Å². The van der Waals surface area contributed by atoms with E-state index in [0.29, 0.717) is 6.04 Å². The van der Waals surface area contributed by atoms with Gasteiger partial charge in [-0.2, -0.15) is 0 Å². The van der Waals surface area contributed by atoms with Crippen molar-refractivity contribution in [3.05, 3.63) is 29.3 Å². The van der Waals surface area contributed by atoms with Gasteiger partial charge in [0.1, 0.15) is 5.75 Å². The van der Waals surface area contributed by atoms with E-state index in [-0.39, 0.29) is 0 Å². The highest BCUT2D eigenvalue weighted by Crippen LogP contribution is 2.30. The highest BCUT2D eigenvalue weighted by Gasteiger charge is 2.24. The van der Waals surface area contributed by atoms with Crippen LogP contribution in [0.25, 0.3) is 0 Å². The Hall–Kier alpha value is -1.06. The van der Waals surface area contributed by atoms with Gasteiger partial charge in [0.25, 0.3) is 0 Å². The van der Waals surface area contributed by atoms with Crippen LogP contribution in [0, 0.1) is 0 Å². The molecule has 1 aliphatic rings. The lowest BCUT2D eigenvalue weighted by Crippen LogP contribution is -2.32. The molecular formula is C16H26N2O. The lowest BCUT2D eigenvalue weighted by atomic mass is 10.0. The maximum Gasteiger partial charge on any atom is 0.123 e. The van der Waals surface area contributed by atoms with Crippen molar-refractivity contribution in [2.24, 2.45) is 0 Å². The minimum absolute atomic E-state index is 0.363. The van der Waals surface area contributed by atoms with Gasteiger partial charge in [0, 0.05) is 18.2 Å². The van der Waals surface area contributed by atoms with E-state index < -0.39 is 0 Å². The van der Waals surface area contributed by atoms with E-state index in [1.54, 1.807) is 7.11 Å². The van der Waals surface area contributed by atoms with Gasteiger partial charge in [-0.05, 0) is 45.0 Å². The Balaban J connectivity index is 2.21. The van der Waals surface area contributed by atoms with Crippen LogP contribution in [-0.2, 0) is 6.42 Å². The molecule has 0 aromatic heterocycles. The monoisotopic (exact) mass is 262 g/mol. The molecule has 1 aromatic rings. The summed E-state index contributed by atoms with van der Waals surface area (Å²) in [5, 5.41) is 3.63. The van der Waals surface area contributed by atoms with Crippen molar-refractivity contribution in [1.82, 2.24) is 10.2 Å². The molecule has 1 aliphatic carbocycles. The van der Waals surface area contributed by atoms with Crippen molar-refractivity contribution >= 4 is 0 Å². The van der Waals surface area contributed by atoms with Crippen LogP contribution in [0.3, 0.4) is 0 Å². The number of nitrogens with one attached hydrogen (secondary N) is 1. The van der Waals surface area contributed by atoms with E-state index in [4.69, 9.17) is 4.74 Å². The van der Waals surface area contributed by atoms with E-state index in [1.165, 1.54) is 24.0 Å². The number of ether oxygens (including phenoxy) is 1. The van der Waals surface area contributed by atoms with Crippen molar-refractivity contribution in [2.75, 3.05) is 27.7 Å². The van der Waals surface area contributed by atoms with Gasteiger partial charge in [-0.3, -0.25) is 0 Å². The van der Waals surface area contributed by atoms with Gasteiger partial charge < -0.3 is 15.0 Å². The molecule has 1 unspecified atom stereocenters. The standard InChI is InChI=1S/C16H26N2O/c1-5-12-6-9-16(19-4)14(10-12)15(18(2)3)11-17-13-7-8-13/h6,9-10,13,15,17H,5,7-8,11H2,1-4H3. The number of methoxy groups -OCH3 is 1. The maximum absolute atomic E-state index is 5.54. The van der Waals surface area contributed by atoms with Crippen LogP contribution in [-0.4, -0.2) is 38.7 Å². The minimum Gasteiger partial charge on any atom is -0.496 e. The van der Waals surface area contributed by atoms with Gasteiger partial charge >= 0.3 is 0 Å². The summed E-state index contributed by atoms with van der Waals surface area (Å²) in [6, 6.07) is 7.65. The average Bonchev–Trinajstić information content (AvgIpc) is 3.22. The number of hydrogen-bond donors (Lipinski definition) is 1. The highest BCUT2D eigenvalue weighted by atomic mass is 16.5. The van der Waals surface area contributed by atoms with Crippen LogP contribution in [0.1, 0.15) is 36.9 Å². The molecular weight excluding hydrogens is 236 g/mol. The summed E-state index contributed by atoms with van der Waals surface area (Å²) in [4.78, 5) is 2.27. The molecule has 1 atom stereocenters. The van der Waals surface area contributed by atoms with Crippen molar-refractivity contribution in [1.29, 1.82) is 0 Å². The molecule has 2 rings (SSSR count). The smallest absolute Gasteiger partial charge is 0.123 e. The summed E-state index contributed by atoms with van der Waals surface area (Å²) >= 11 is 0. The molecule has 1 N–H and O–H groups in total. The first-order valence-electron chi connectivity index (χ1n) is 7.22. The Kier molecular flexibility index (Phi) is 4.83. The molecule has 1 saturated carbocycles. The molecule has 106 valence electrons. The summed E-state index contributed by atoms with van der Waals surface area (Å²) in [6.07, 6.45) is 3.71. The summed E-state index contributed by atoms with van der Waals surface area (Å²) < 4.78 is 5.54. The Morgan fingerprint density at radius 2 is 2.11 bits per heavy atom. The lowest BCUT2D eigenvalue weighted by Gasteiger charge is -2.27. The predicted octanol–water partition coefficient (Wildman–Crippen LogP) is 2.61. The predicted molar refractivity (Wildman–Crippen MR) is 79.8 cm³/mol. The van der Waals surface area contributed by atoms with Crippen LogP contribution < -0.4 is 10.1 Å². The molecule has 0 bridgehead atoms. The molecule has 0 radical (unpaired) electrons. The van der Waals surface area contributed by atoms with Crippen LogP contribution in [0.5, 0.6) is 5.75 Å². The molecule has 0 saturated heterocycles. The van der Waals surface area contributed by atoms with Crippen molar-refractivity contribution in [2.45, 2.75) is 38.3 Å². The third-order valence-corrected chi connectivity index (χ3v) is 3.86. The van der Waals surface area contributed by atoms with Gasteiger partial charge in [-0.15, -0.1) is 0 Å². The summed E-state index contributed by atoms with van der Waals surface area (Å²) in [7, 11) is 6.03. The number of rotatable bonds is 7. The average molecular weight is 262 g/mol. The number of hydrogen-bond acceptors (Lipinski definition) is 3. The van der Waals surface area contributed by atoms with Crippen LogP contribution in [0.2, 0.25) is 0 Å². The van der Waals surface area contributed by atoms with E-state index in [0.717, 1.165) is 24.8 Å². The molecule has 19 heavy (non-hydrogen) atoms. The zero-order chi connectivity index (χ0) is 13.8. The van der Waals surface area contributed by atoms with Crippen molar-refractivity contribution in [3.63, 3.8) is 0 Å². The zero-order valence-electron chi connectivity index (χ0n) is 12.6. The number of likely N-dealkylation sites (N-methyl/N-ethyl adjacent to an activating group) is 1. The third kappa shape index (κ3) is 3.71. The van der Waals surface area contributed by atoms with Crippen LogP contribution in [0.15, 0.2) is 18.2 Å². The highest BCUT2D eigenvalue weighted by molar-refractivity contribution is 5.40. The largest absolute Gasteiger partial charge is 0.496 e. The number of benzene rings is 1. The van der Waals surface area contributed by atoms with E-state index in [9.17, 15) is 0 Å². The van der Waals surface area contributed by atoms with E-state index in [2.05, 4.69) is 49.4 Å². The third-order valence-electron chi connectivity index (χ3n) is 3.86. The molecule has 0 heterocycles. The summed E-state index contributed by atoms with van der Waals surface area (Å²) in [6.45, 7) is 3.18. The molecule has 3 nitrogen and oxygen atoms in total. The SMILES string of the molecule is CCc1ccc(OC)c(C(CNC2CC2)N(C)C)c1. The lowest BCUT2D eigenvalue weighted by molar-refractivity contribution is 0.278. The Morgan fingerprint density at radius 3 is 2.63 bits per heavy atom. The van der Waals surface area contributed by atoms with Crippen molar-refractivity contribution in [3.8, 4) is 5.75 Å². The first kappa shape index (κ1) is 14.4. The van der Waals surface area contributed by atoms with Gasteiger partial charge in [-0.25, -0.2) is 0 Å². The molecule has 1 fully saturated rings. The fourth-order valence-electron chi connectivity index (χ4n) is 2.40. The fourth-order valence-corrected chi connectivity index (χ4v) is 2.40. The normalized spacial score (nSPS) is 16.7. The van der Waals surface area contributed by atoms with E-state index in [1.807, 2.05) is 0 Å². The van der Waals surface area contributed by atoms with Crippen LogP contribution >= 0.6 is 0 Å². The second kappa shape index (κ2) is 6.40. The second-order valence-electron chi connectivity index (χ2n) is 5.59. The molecule has 0 aliphatic heterocycles. The van der Waals surface area contributed by atoms with E-state index >= 15 is 0 Å². The first-order chi connectivity index (χ1) is 9.15. The molecule has 0 spiro atoms. The topological polar surface area (TPSA) is 24.5 Å². The van der Waals surface area contributed by atoms with Gasteiger partial charge in [0.15, 0.2) is 0 Å².